The van der Waals surface area contributed by atoms with Crippen molar-refractivity contribution in [3.05, 3.63) is 24.0 Å². The molecule has 1 N–H and O–H groups in total. The standard InChI is InChI=1S/C11H20N2O/c1-10(2)12-9-11-5-4-6-13(11)7-8-14-3/h4-6,10,12H,7-9H2,1-3H3. The van der Waals surface area contributed by atoms with Crippen LogP contribution in [0.2, 0.25) is 0 Å². The van der Waals surface area contributed by atoms with Gasteiger partial charge in [0, 0.05) is 38.1 Å². The molecule has 0 spiro atoms. The molecule has 0 saturated carbocycles. The van der Waals surface area contributed by atoms with Gasteiger partial charge in [0.05, 0.1) is 6.61 Å². The maximum atomic E-state index is 5.05. The minimum Gasteiger partial charge on any atom is -0.383 e. The van der Waals surface area contributed by atoms with E-state index in [2.05, 4.69) is 42.1 Å². The Morgan fingerprint density at radius 3 is 2.93 bits per heavy atom. The molecule has 0 saturated heterocycles. The summed E-state index contributed by atoms with van der Waals surface area (Å²) >= 11 is 0. The summed E-state index contributed by atoms with van der Waals surface area (Å²) in [7, 11) is 1.73. The molecule has 0 atom stereocenters. The minimum absolute atomic E-state index is 0.528. The van der Waals surface area contributed by atoms with E-state index in [0.717, 1.165) is 19.7 Å². The number of methoxy groups -OCH3 is 1. The topological polar surface area (TPSA) is 26.2 Å². The van der Waals surface area contributed by atoms with Crippen LogP contribution in [-0.4, -0.2) is 24.3 Å². The van der Waals surface area contributed by atoms with E-state index in [4.69, 9.17) is 4.74 Å². The van der Waals surface area contributed by atoms with Gasteiger partial charge in [0.1, 0.15) is 0 Å². The molecule has 0 aliphatic carbocycles. The molecule has 1 heterocycles. The highest BCUT2D eigenvalue weighted by molar-refractivity contribution is 5.06. The fourth-order valence-corrected chi connectivity index (χ4v) is 1.33. The van der Waals surface area contributed by atoms with Gasteiger partial charge >= 0.3 is 0 Å². The molecular weight excluding hydrogens is 176 g/mol. The quantitative estimate of drug-likeness (QED) is 0.748. The first-order valence-electron chi connectivity index (χ1n) is 5.10. The van der Waals surface area contributed by atoms with E-state index >= 15 is 0 Å². The van der Waals surface area contributed by atoms with Crippen LogP contribution >= 0.6 is 0 Å². The first-order chi connectivity index (χ1) is 6.74. The molecule has 0 aliphatic rings. The van der Waals surface area contributed by atoms with E-state index in [1.807, 2.05) is 0 Å². The molecule has 0 bridgehead atoms. The second-order valence-electron chi connectivity index (χ2n) is 3.72. The van der Waals surface area contributed by atoms with Crippen LogP contribution in [0, 0.1) is 0 Å². The van der Waals surface area contributed by atoms with E-state index in [1.165, 1.54) is 5.69 Å². The van der Waals surface area contributed by atoms with Crippen molar-refractivity contribution in [1.82, 2.24) is 9.88 Å². The second kappa shape index (κ2) is 5.83. The largest absolute Gasteiger partial charge is 0.383 e. The molecule has 1 rings (SSSR count). The van der Waals surface area contributed by atoms with E-state index in [9.17, 15) is 0 Å². The van der Waals surface area contributed by atoms with Gasteiger partial charge in [-0.05, 0) is 12.1 Å². The van der Waals surface area contributed by atoms with Crippen molar-refractivity contribution >= 4 is 0 Å². The molecule has 0 aromatic carbocycles. The predicted molar refractivity (Wildman–Crippen MR) is 58.3 cm³/mol. The molecule has 0 fully saturated rings. The van der Waals surface area contributed by atoms with Crippen molar-refractivity contribution in [1.29, 1.82) is 0 Å². The SMILES string of the molecule is COCCn1cccc1CNC(C)C. The number of hydrogen-bond acceptors (Lipinski definition) is 2. The fraction of sp³-hybridized carbons (Fsp3) is 0.636. The Balaban J connectivity index is 2.45. The Kier molecular flexibility index (Phi) is 4.70. The summed E-state index contributed by atoms with van der Waals surface area (Å²) in [5, 5.41) is 3.40. The van der Waals surface area contributed by atoms with E-state index < -0.39 is 0 Å². The van der Waals surface area contributed by atoms with Crippen LogP contribution in [0.3, 0.4) is 0 Å². The van der Waals surface area contributed by atoms with Crippen molar-refractivity contribution in [2.45, 2.75) is 33.0 Å². The third kappa shape index (κ3) is 3.52. The first kappa shape index (κ1) is 11.3. The van der Waals surface area contributed by atoms with E-state index in [-0.39, 0.29) is 0 Å². The average Bonchev–Trinajstić information content (AvgIpc) is 2.58. The second-order valence-corrected chi connectivity index (χ2v) is 3.72. The van der Waals surface area contributed by atoms with Gasteiger partial charge in [0.2, 0.25) is 0 Å². The Morgan fingerprint density at radius 2 is 2.29 bits per heavy atom. The molecule has 0 radical (unpaired) electrons. The lowest BCUT2D eigenvalue weighted by Gasteiger charge is -2.11. The Morgan fingerprint density at radius 1 is 1.50 bits per heavy atom. The predicted octanol–water partition coefficient (Wildman–Crippen LogP) is 1.63. The highest BCUT2D eigenvalue weighted by Crippen LogP contribution is 2.02. The van der Waals surface area contributed by atoms with Crippen molar-refractivity contribution in [3.63, 3.8) is 0 Å². The van der Waals surface area contributed by atoms with Crippen LogP contribution in [0.1, 0.15) is 19.5 Å². The zero-order valence-electron chi connectivity index (χ0n) is 9.29. The zero-order chi connectivity index (χ0) is 10.4. The summed E-state index contributed by atoms with van der Waals surface area (Å²) in [6.45, 7) is 6.93. The molecule has 0 unspecified atom stereocenters. The number of rotatable bonds is 6. The number of ether oxygens (including phenoxy) is 1. The summed E-state index contributed by atoms with van der Waals surface area (Å²) in [6, 6.07) is 4.75. The number of hydrogen-bond donors (Lipinski definition) is 1. The molecule has 0 amide bonds. The van der Waals surface area contributed by atoms with Gasteiger partial charge in [-0.2, -0.15) is 0 Å². The average molecular weight is 196 g/mol. The van der Waals surface area contributed by atoms with Gasteiger partial charge in [-0.1, -0.05) is 13.8 Å². The lowest BCUT2D eigenvalue weighted by molar-refractivity contribution is 0.186. The molecule has 3 nitrogen and oxygen atoms in total. The van der Waals surface area contributed by atoms with Crippen LogP contribution in [-0.2, 0) is 17.8 Å². The maximum absolute atomic E-state index is 5.05. The molecule has 1 aromatic heterocycles. The summed E-state index contributed by atoms with van der Waals surface area (Å²) in [5.74, 6) is 0. The van der Waals surface area contributed by atoms with Gasteiger partial charge in [-0.3, -0.25) is 0 Å². The van der Waals surface area contributed by atoms with Crippen molar-refractivity contribution in [2.24, 2.45) is 0 Å². The Hall–Kier alpha value is -0.800. The van der Waals surface area contributed by atoms with E-state index in [1.54, 1.807) is 7.11 Å². The van der Waals surface area contributed by atoms with Gasteiger partial charge in [0.15, 0.2) is 0 Å². The third-order valence-electron chi connectivity index (χ3n) is 2.15. The molecule has 0 aliphatic heterocycles. The van der Waals surface area contributed by atoms with Crippen molar-refractivity contribution < 1.29 is 4.74 Å². The van der Waals surface area contributed by atoms with Crippen LogP contribution in [0.5, 0.6) is 0 Å². The summed E-state index contributed by atoms with van der Waals surface area (Å²) in [4.78, 5) is 0. The van der Waals surface area contributed by atoms with Gasteiger partial charge in [-0.25, -0.2) is 0 Å². The maximum Gasteiger partial charge on any atom is 0.0641 e. The number of aromatic nitrogens is 1. The smallest absolute Gasteiger partial charge is 0.0641 e. The summed E-state index contributed by atoms with van der Waals surface area (Å²) in [6.07, 6.45) is 2.09. The first-order valence-corrected chi connectivity index (χ1v) is 5.10. The van der Waals surface area contributed by atoms with Crippen LogP contribution < -0.4 is 5.32 Å². The molecule has 3 heteroatoms. The van der Waals surface area contributed by atoms with Crippen molar-refractivity contribution in [2.75, 3.05) is 13.7 Å². The van der Waals surface area contributed by atoms with Crippen LogP contribution in [0.4, 0.5) is 0 Å². The number of nitrogens with one attached hydrogen (secondary N) is 1. The van der Waals surface area contributed by atoms with Crippen LogP contribution in [0.15, 0.2) is 18.3 Å². The number of nitrogens with zero attached hydrogens (tertiary/aromatic N) is 1. The van der Waals surface area contributed by atoms with Gasteiger partial charge < -0.3 is 14.6 Å². The lowest BCUT2D eigenvalue weighted by Crippen LogP contribution is -2.23. The zero-order valence-corrected chi connectivity index (χ0v) is 9.29. The molecule has 1 aromatic rings. The molecule has 14 heavy (non-hydrogen) atoms. The van der Waals surface area contributed by atoms with Crippen molar-refractivity contribution in [3.8, 4) is 0 Å². The Labute approximate surface area is 86.1 Å². The minimum atomic E-state index is 0.528. The monoisotopic (exact) mass is 196 g/mol. The lowest BCUT2D eigenvalue weighted by atomic mass is 10.3. The van der Waals surface area contributed by atoms with Gasteiger partial charge in [0.25, 0.3) is 0 Å². The van der Waals surface area contributed by atoms with Crippen LogP contribution in [0.25, 0.3) is 0 Å². The fourth-order valence-electron chi connectivity index (χ4n) is 1.33. The molecular formula is C11H20N2O. The summed E-state index contributed by atoms with van der Waals surface area (Å²) in [5.41, 5.74) is 1.32. The third-order valence-corrected chi connectivity index (χ3v) is 2.15. The normalized spacial score (nSPS) is 11.1. The highest BCUT2D eigenvalue weighted by atomic mass is 16.5. The Bertz CT molecular complexity index is 256. The summed E-state index contributed by atoms with van der Waals surface area (Å²) < 4.78 is 7.28. The molecule has 80 valence electrons. The van der Waals surface area contributed by atoms with Gasteiger partial charge in [-0.15, -0.1) is 0 Å². The highest BCUT2D eigenvalue weighted by Gasteiger charge is 2.00. The van der Waals surface area contributed by atoms with E-state index in [0.29, 0.717) is 6.04 Å².